The van der Waals surface area contributed by atoms with Gasteiger partial charge in [-0.1, -0.05) is 54.7 Å². The van der Waals surface area contributed by atoms with Crippen LogP contribution in [0.4, 0.5) is 10.1 Å². The normalized spacial score (nSPS) is 12.2. The number of rotatable bonds is 11. The Kier molecular flexibility index (Phi) is 10.1. The first-order chi connectivity index (χ1) is 16.0. The molecular weight excluding hydrogens is 504 g/mol. The minimum Gasteiger partial charge on any atom is -0.354 e. The summed E-state index contributed by atoms with van der Waals surface area (Å²) in [5.74, 6) is -1.86. The zero-order valence-corrected chi connectivity index (χ0v) is 21.6. The highest BCUT2D eigenvalue weighted by molar-refractivity contribution is 7.92. The van der Waals surface area contributed by atoms with E-state index in [2.05, 4.69) is 5.32 Å². The van der Waals surface area contributed by atoms with Gasteiger partial charge in [0.1, 0.15) is 18.4 Å². The summed E-state index contributed by atoms with van der Waals surface area (Å²) in [6, 6.07) is 9.12. The van der Waals surface area contributed by atoms with E-state index in [0.29, 0.717) is 21.4 Å². The molecule has 186 valence electrons. The second-order valence-corrected chi connectivity index (χ2v) is 10.5. The Hall–Kier alpha value is -2.36. The number of unbranched alkanes of at least 4 members (excludes halogenated alkanes) is 1. The average Bonchev–Trinajstić information content (AvgIpc) is 2.77. The number of hydrogen-bond donors (Lipinski definition) is 1. The molecule has 0 aliphatic heterocycles. The van der Waals surface area contributed by atoms with Gasteiger partial charge in [0.25, 0.3) is 0 Å². The van der Waals surface area contributed by atoms with Gasteiger partial charge in [0.05, 0.1) is 22.0 Å². The molecule has 2 rings (SSSR count). The Morgan fingerprint density at radius 2 is 1.79 bits per heavy atom. The lowest BCUT2D eigenvalue weighted by atomic mass is 10.1. The van der Waals surface area contributed by atoms with E-state index in [-0.39, 0.29) is 17.3 Å². The zero-order chi connectivity index (χ0) is 25.5. The van der Waals surface area contributed by atoms with Crippen molar-refractivity contribution in [2.24, 2.45) is 0 Å². The molecule has 0 bridgehead atoms. The molecule has 2 aromatic carbocycles. The van der Waals surface area contributed by atoms with Gasteiger partial charge in [-0.3, -0.25) is 13.9 Å². The molecule has 11 heteroatoms. The molecule has 34 heavy (non-hydrogen) atoms. The Labute approximate surface area is 209 Å². The van der Waals surface area contributed by atoms with Crippen LogP contribution in [0.3, 0.4) is 0 Å². The Balaban J connectivity index is 2.38. The lowest BCUT2D eigenvalue weighted by molar-refractivity contribution is -0.139. The molecule has 0 heterocycles. The number of carbonyl (C=O) groups excluding carboxylic acids is 2. The molecule has 0 fully saturated rings. The number of para-hydroxylation sites is 1. The second kappa shape index (κ2) is 12.4. The van der Waals surface area contributed by atoms with Crippen LogP contribution in [0.1, 0.15) is 32.3 Å². The summed E-state index contributed by atoms with van der Waals surface area (Å²) in [5.41, 5.74) is 0.334. The van der Waals surface area contributed by atoms with Gasteiger partial charge in [0.2, 0.25) is 21.8 Å². The number of halogens is 3. The van der Waals surface area contributed by atoms with Gasteiger partial charge in [-0.25, -0.2) is 12.8 Å². The molecule has 7 nitrogen and oxygen atoms in total. The van der Waals surface area contributed by atoms with Gasteiger partial charge in [-0.2, -0.15) is 0 Å². The summed E-state index contributed by atoms with van der Waals surface area (Å²) in [4.78, 5) is 27.3. The summed E-state index contributed by atoms with van der Waals surface area (Å²) in [6.45, 7) is 3.25. The van der Waals surface area contributed by atoms with E-state index < -0.39 is 40.2 Å². The van der Waals surface area contributed by atoms with E-state index in [1.807, 2.05) is 6.92 Å². The van der Waals surface area contributed by atoms with Crippen LogP contribution < -0.4 is 9.62 Å². The second-order valence-electron chi connectivity index (χ2n) is 7.81. The maximum atomic E-state index is 14.4. The summed E-state index contributed by atoms with van der Waals surface area (Å²) in [5, 5.41) is 3.38. The van der Waals surface area contributed by atoms with Crippen LogP contribution in [-0.4, -0.2) is 50.5 Å². The molecule has 0 saturated heterocycles. The van der Waals surface area contributed by atoms with E-state index in [1.54, 1.807) is 25.1 Å². The number of benzene rings is 2. The van der Waals surface area contributed by atoms with Crippen LogP contribution in [0, 0.1) is 5.82 Å². The van der Waals surface area contributed by atoms with E-state index in [0.717, 1.165) is 25.2 Å². The van der Waals surface area contributed by atoms with E-state index in [1.165, 1.54) is 23.1 Å². The Bertz CT molecular complexity index is 1130. The molecule has 0 saturated carbocycles. The Morgan fingerprint density at radius 1 is 1.12 bits per heavy atom. The fraction of sp³-hybridized carbons (Fsp3) is 0.391. The lowest BCUT2D eigenvalue weighted by Gasteiger charge is -2.31. The Morgan fingerprint density at radius 3 is 2.38 bits per heavy atom. The van der Waals surface area contributed by atoms with E-state index >= 15 is 0 Å². The minimum atomic E-state index is -4.01. The zero-order valence-electron chi connectivity index (χ0n) is 19.2. The van der Waals surface area contributed by atoms with Crippen molar-refractivity contribution < 1.29 is 22.4 Å². The van der Waals surface area contributed by atoms with E-state index in [4.69, 9.17) is 23.2 Å². The molecule has 0 aliphatic rings. The van der Waals surface area contributed by atoms with Crippen LogP contribution in [0.5, 0.6) is 0 Å². The first kappa shape index (κ1) is 27.9. The highest BCUT2D eigenvalue weighted by Crippen LogP contribution is 2.25. The molecule has 0 aliphatic carbocycles. The number of sulfonamides is 1. The van der Waals surface area contributed by atoms with Gasteiger partial charge in [-0.05, 0) is 43.2 Å². The smallest absolute Gasteiger partial charge is 0.244 e. The van der Waals surface area contributed by atoms with Crippen molar-refractivity contribution in [2.75, 3.05) is 23.7 Å². The number of nitrogens with one attached hydrogen (secondary N) is 1. The molecule has 2 aromatic rings. The minimum absolute atomic E-state index is 0.0348. The topological polar surface area (TPSA) is 86.8 Å². The van der Waals surface area contributed by atoms with E-state index in [9.17, 15) is 22.4 Å². The molecule has 1 atom stereocenters. The van der Waals surface area contributed by atoms with Crippen LogP contribution in [0.25, 0.3) is 0 Å². The largest absolute Gasteiger partial charge is 0.354 e. The average molecular weight is 532 g/mol. The number of hydrogen-bond acceptors (Lipinski definition) is 4. The molecule has 1 N–H and O–H groups in total. The molecule has 0 radical (unpaired) electrons. The van der Waals surface area contributed by atoms with Crippen LogP contribution in [-0.2, 0) is 26.2 Å². The molecule has 0 aromatic heterocycles. The summed E-state index contributed by atoms with van der Waals surface area (Å²) >= 11 is 12.1. The van der Waals surface area contributed by atoms with Crippen molar-refractivity contribution in [2.45, 2.75) is 39.3 Å². The SMILES string of the molecule is CCCCNC(=O)[C@@H](C)N(Cc1ccc(Cl)c(Cl)c1)C(=O)CN(c1ccccc1F)S(C)(=O)=O. The quantitative estimate of drug-likeness (QED) is 0.439. The highest BCUT2D eigenvalue weighted by Gasteiger charge is 2.31. The van der Waals surface area contributed by atoms with Crippen LogP contribution >= 0.6 is 23.2 Å². The predicted molar refractivity (Wildman–Crippen MR) is 133 cm³/mol. The van der Waals surface area contributed by atoms with Crippen LogP contribution in [0.15, 0.2) is 42.5 Å². The highest BCUT2D eigenvalue weighted by atomic mass is 35.5. The maximum absolute atomic E-state index is 14.4. The van der Waals surface area contributed by atoms with Crippen molar-refractivity contribution in [1.29, 1.82) is 0 Å². The van der Waals surface area contributed by atoms with Crippen LogP contribution in [0.2, 0.25) is 10.0 Å². The first-order valence-corrected chi connectivity index (χ1v) is 13.3. The maximum Gasteiger partial charge on any atom is 0.244 e. The number of amides is 2. The van der Waals surface area contributed by atoms with Gasteiger partial charge in [-0.15, -0.1) is 0 Å². The summed E-state index contributed by atoms with van der Waals surface area (Å²) in [6.07, 6.45) is 2.54. The molecule has 2 amide bonds. The first-order valence-electron chi connectivity index (χ1n) is 10.7. The molecular formula is C23H28Cl2FN3O4S. The predicted octanol–water partition coefficient (Wildman–Crippen LogP) is 4.23. The number of anilines is 1. The third-order valence-electron chi connectivity index (χ3n) is 5.13. The monoisotopic (exact) mass is 531 g/mol. The van der Waals surface area contributed by atoms with Crippen molar-refractivity contribution >= 4 is 50.7 Å². The van der Waals surface area contributed by atoms with Crippen molar-refractivity contribution in [1.82, 2.24) is 10.2 Å². The number of carbonyl (C=O) groups is 2. The third-order valence-corrected chi connectivity index (χ3v) is 7.00. The van der Waals surface area contributed by atoms with Crippen molar-refractivity contribution in [3.05, 3.63) is 63.9 Å². The standard InChI is InChI=1S/C23H28Cl2FN3O4S/c1-4-5-12-27-23(31)16(2)28(14-17-10-11-18(24)19(25)13-17)22(30)15-29(34(3,32)33)21-9-7-6-8-20(21)26/h6-11,13,16H,4-5,12,14-15H2,1-3H3,(H,27,31)/t16-/m1/s1. The van der Waals surface area contributed by atoms with Gasteiger partial charge in [0, 0.05) is 13.1 Å². The summed E-state index contributed by atoms with van der Waals surface area (Å²) < 4.78 is 40.0. The van der Waals surface area contributed by atoms with Crippen molar-refractivity contribution in [3.63, 3.8) is 0 Å². The summed E-state index contributed by atoms with van der Waals surface area (Å²) in [7, 11) is -4.01. The molecule has 0 unspecified atom stereocenters. The fourth-order valence-electron chi connectivity index (χ4n) is 3.20. The fourth-order valence-corrected chi connectivity index (χ4v) is 4.37. The molecule has 0 spiro atoms. The van der Waals surface area contributed by atoms with Gasteiger partial charge in [0.15, 0.2) is 0 Å². The van der Waals surface area contributed by atoms with Crippen molar-refractivity contribution in [3.8, 4) is 0 Å². The van der Waals surface area contributed by atoms with Gasteiger partial charge >= 0.3 is 0 Å². The number of nitrogens with zero attached hydrogens (tertiary/aromatic N) is 2. The third kappa shape index (κ3) is 7.58. The lowest BCUT2D eigenvalue weighted by Crippen LogP contribution is -2.51. The van der Waals surface area contributed by atoms with Gasteiger partial charge < -0.3 is 10.2 Å².